The minimum absolute atomic E-state index is 0.00600. The first-order chi connectivity index (χ1) is 13.1. The number of allylic oxidation sites excluding steroid dienone is 4. The molecule has 1 aromatic heterocycles. The van der Waals surface area contributed by atoms with Crippen LogP contribution in [0.1, 0.15) is 44.1 Å². The SMILES string of the molecule is Fc1ccc2c(oc3c(F)c(C4=CCC(C5=CCCC5)CC4)ccc32)c1F. The van der Waals surface area contributed by atoms with Gasteiger partial charge < -0.3 is 4.42 Å². The number of rotatable bonds is 2. The van der Waals surface area contributed by atoms with Crippen LogP contribution in [0.5, 0.6) is 0 Å². The Morgan fingerprint density at radius 2 is 1.63 bits per heavy atom. The van der Waals surface area contributed by atoms with E-state index < -0.39 is 17.5 Å². The quantitative estimate of drug-likeness (QED) is 0.433. The van der Waals surface area contributed by atoms with Gasteiger partial charge in [-0.1, -0.05) is 23.8 Å². The number of hydrogen-bond acceptors (Lipinski definition) is 1. The maximum atomic E-state index is 15.2. The Labute approximate surface area is 155 Å². The first kappa shape index (κ1) is 16.7. The fraction of sp³-hybridized carbons (Fsp3) is 0.304. The molecule has 5 rings (SSSR count). The lowest BCUT2D eigenvalue weighted by molar-refractivity contribution is 0.494. The minimum Gasteiger partial charge on any atom is -0.450 e. The Balaban J connectivity index is 1.55. The summed E-state index contributed by atoms with van der Waals surface area (Å²) in [5.41, 5.74) is 2.79. The van der Waals surface area contributed by atoms with Gasteiger partial charge in [-0.05, 0) is 68.2 Å². The normalized spacial score (nSPS) is 20.3. The largest absolute Gasteiger partial charge is 0.450 e. The number of halogens is 3. The van der Waals surface area contributed by atoms with Crippen molar-refractivity contribution in [2.45, 2.75) is 38.5 Å². The van der Waals surface area contributed by atoms with Crippen LogP contribution < -0.4 is 0 Å². The average Bonchev–Trinajstić information content (AvgIpc) is 3.34. The molecule has 2 aliphatic rings. The molecule has 3 aromatic rings. The average molecular weight is 368 g/mol. The Morgan fingerprint density at radius 3 is 2.33 bits per heavy atom. The molecule has 2 aliphatic carbocycles. The van der Waals surface area contributed by atoms with Crippen LogP contribution in [0.3, 0.4) is 0 Å². The van der Waals surface area contributed by atoms with Crippen LogP contribution in [-0.4, -0.2) is 0 Å². The van der Waals surface area contributed by atoms with Crippen LogP contribution in [0.25, 0.3) is 27.5 Å². The lowest BCUT2D eigenvalue weighted by atomic mass is 9.82. The fourth-order valence-corrected chi connectivity index (χ4v) is 4.54. The zero-order chi connectivity index (χ0) is 18.5. The maximum Gasteiger partial charge on any atom is 0.201 e. The van der Waals surface area contributed by atoms with Gasteiger partial charge in [-0.25, -0.2) is 8.78 Å². The van der Waals surface area contributed by atoms with Crippen LogP contribution in [0.4, 0.5) is 13.2 Å². The van der Waals surface area contributed by atoms with Crippen LogP contribution in [-0.2, 0) is 0 Å². The van der Waals surface area contributed by atoms with Gasteiger partial charge in [0.25, 0.3) is 0 Å². The molecular weight excluding hydrogens is 349 g/mol. The summed E-state index contributed by atoms with van der Waals surface area (Å²) >= 11 is 0. The van der Waals surface area contributed by atoms with Crippen LogP contribution >= 0.6 is 0 Å². The molecule has 0 radical (unpaired) electrons. The maximum absolute atomic E-state index is 15.2. The van der Waals surface area contributed by atoms with Crippen molar-refractivity contribution in [3.05, 3.63) is 65.0 Å². The van der Waals surface area contributed by atoms with Crippen molar-refractivity contribution in [3.8, 4) is 0 Å². The van der Waals surface area contributed by atoms with E-state index in [2.05, 4.69) is 12.2 Å². The molecule has 1 nitrogen and oxygen atoms in total. The van der Waals surface area contributed by atoms with Crippen molar-refractivity contribution >= 4 is 27.5 Å². The van der Waals surface area contributed by atoms with Crippen molar-refractivity contribution in [2.24, 2.45) is 5.92 Å². The summed E-state index contributed by atoms with van der Waals surface area (Å²) in [4.78, 5) is 0. The summed E-state index contributed by atoms with van der Waals surface area (Å²) in [6, 6.07) is 5.94. The highest BCUT2D eigenvalue weighted by Crippen LogP contribution is 2.40. The summed E-state index contributed by atoms with van der Waals surface area (Å²) in [7, 11) is 0. The standard InChI is InChI=1S/C23H19F3O/c24-19-12-11-18-17-10-9-16(20(25)22(17)27-23(18)21(19)26)15-7-5-14(6-8-15)13-3-1-2-4-13/h3,7,9-12,14H,1-2,4-6,8H2. The van der Waals surface area contributed by atoms with E-state index in [1.807, 2.05) is 0 Å². The molecule has 0 aliphatic heterocycles. The molecule has 1 heterocycles. The van der Waals surface area contributed by atoms with E-state index in [0.29, 0.717) is 22.3 Å². The first-order valence-electron chi connectivity index (χ1n) is 9.50. The van der Waals surface area contributed by atoms with Crippen molar-refractivity contribution < 1.29 is 17.6 Å². The summed E-state index contributed by atoms with van der Waals surface area (Å²) < 4.78 is 48.0. The molecule has 0 saturated heterocycles. The van der Waals surface area contributed by atoms with Gasteiger partial charge in [-0.15, -0.1) is 0 Å². The van der Waals surface area contributed by atoms with E-state index in [0.717, 1.165) is 30.9 Å². The minimum atomic E-state index is -1.07. The lowest BCUT2D eigenvalue weighted by Gasteiger charge is -2.23. The van der Waals surface area contributed by atoms with Gasteiger partial charge in [0.2, 0.25) is 5.82 Å². The predicted octanol–water partition coefficient (Wildman–Crippen LogP) is 7.30. The van der Waals surface area contributed by atoms with Crippen LogP contribution in [0.2, 0.25) is 0 Å². The molecule has 0 amide bonds. The van der Waals surface area contributed by atoms with Crippen molar-refractivity contribution in [2.75, 3.05) is 0 Å². The highest BCUT2D eigenvalue weighted by Gasteiger charge is 2.24. The van der Waals surface area contributed by atoms with Gasteiger partial charge in [-0.3, -0.25) is 0 Å². The van der Waals surface area contributed by atoms with E-state index >= 15 is 4.39 Å². The molecule has 0 spiro atoms. The first-order valence-corrected chi connectivity index (χ1v) is 9.50. The molecule has 0 bridgehead atoms. The molecule has 27 heavy (non-hydrogen) atoms. The third kappa shape index (κ3) is 2.61. The number of hydrogen-bond donors (Lipinski definition) is 0. The Bertz CT molecular complexity index is 1120. The monoisotopic (exact) mass is 368 g/mol. The van der Waals surface area contributed by atoms with Crippen LogP contribution in [0, 0.1) is 23.4 Å². The second kappa shape index (κ2) is 6.29. The molecule has 0 fully saturated rings. The molecule has 2 aromatic carbocycles. The molecule has 0 N–H and O–H groups in total. The van der Waals surface area contributed by atoms with Crippen molar-refractivity contribution in [3.63, 3.8) is 0 Å². The molecular formula is C23H19F3O. The number of fused-ring (bicyclic) bond motifs is 3. The predicted molar refractivity (Wildman–Crippen MR) is 101 cm³/mol. The second-order valence-electron chi connectivity index (χ2n) is 7.52. The topological polar surface area (TPSA) is 13.1 Å². The summed E-state index contributed by atoms with van der Waals surface area (Å²) in [5, 5.41) is 0.857. The Hall–Kier alpha value is -2.49. The van der Waals surface area contributed by atoms with Crippen molar-refractivity contribution in [1.29, 1.82) is 0 Å². The third-order valence-corrected chi connectivity index (χ3v) is 6.00. The van der Waals surface area contributed by atoms with Gasteiger partial charge in [-0.2, -0.15) is 4.39 Å². The van der Waals surface area contributed by atoms with Crippen molar-refractivity contribution in [1.82, 2.24) is 0 Å². The van der Waals surface area contributed by atoms with Gasteiger partial charge >= 0.3 is 0 Å². The van der Waals surface area contributed by atoms with E-state index in [4.69, 9.17) is 4.42 Å². The fourth-order valence-electron chi connectivity index (χ4n) is 4.54. The lowest BCUT2D eigenvalue weighted by Crippen LogP contribution is -2.08. The van der Waals surface area contributed by atoms with Gasteiger partial charge in [0.1, 0.15) is 0 Å². The highest BCUT2D eigenvalue weighted by molar-refractivity contribution is 6.06. The van der Waals surface area contributed by atoms with Gasteiger partial charge in [0.15, 0.2) is 22.8 Å². The highest BCUT2D eigenvalue weighted by atomic mass is 19.2. The summed E-state index contributed by atoms with van der Waals surface area (Å²) in [5.74, 6) is -1.99. The Morgan fingerprint density at radius 1 is 0.852 bits per heavy atom. The molecule has 1 atom stereocenters. The zero-order valence-corrected chi connectivity index (χ0v) is 14.8. The zero-order valence-electron chi connectivity index (χ0n) is 14.8. The molecule has 1 unspecified atom stereocenters. The molecule has 4 heteroatoms. The van der Waals surface area contributed by atoms with Crippen LogP contribution in [0.15, 0.2) is 46.4 Å². The van der Waals surface area contributed by atoms with E-state index in [1.165, 1.54) is 25.3 Å². The third-order valence-electron chi connectivity index (χ3n) is 6.00. The van der Waals surface area contributed by atoms with Gasteiger partial charge in [0, 0.05) is 16.3 Å². The molecule has 0 saturated carbocycles. The van der Waals surface area contributed by atoms with E-state index in [-0.39, 0.29) is 11.2 Å². The van der Waals surface area contributed by atoms with E-state index in [9.17, 15) is 8.78 Å². The number of benzene rings is 2. The second-order valence-corrected chi connectivity index (χ2v) is 7.52. The number of furan rings is 1. The smallest absolute Gasteiger partial charge is 0.201 e. The summed E-state index contributed by atoms with van der Waals surface area (Å²) in [6.45, 7) is 0. The van der Waals surface area contributed by atoms with Gasteiger partial charge in [0.05, 0.1) is 0 Å². The Kier molecular flexibility index (Phi) is 3.88. The summed E-state index contributed by atoms with van der Waals surface area (Å²) in [6.07, 6.45) is 10.9. The van der Waals surface area contributed by atoms with E-state index in [1.54, 1.807) is 17.7 Å². The molecule has 138 valence electrons.